The summed E-state index contributed by atoms with van der Waals surface area (Å²) in [6, 6.07) is 3.13. The van der Waals surface area contributed by atoms with E-state index in [-0.39, 0.29) is 6.04 Å². The molecule has 3 N–H and O–H groups in total. The molecular weight excluding hydrogens is 206 g/mol. The summed E-state index contributed by atoms with van der Waals surface area (Å²) in [6.07, 6.45) is 1.59. The fourth-order valence-electron chi connectivity index (χ4n) is 1.36. The van der Waals surface area contributed by atoms with E-state index in [1.807, 2.05) is 13.8 Å². The van der Waals surface area contributed by atoms with E-state index in [1.165, 1.54) is 0 Å². The summed E-state index contributed by atoms with van der Waals surface area (Å²) < 4.78 is 4.94. The largest absolute Gasteiger partial charge is 0.481 e. The molecule has 0 bridgehead atoms. The Kier molecular flexibility index (Phi) is 4.25. The fourth-order valence-corrected chi connectivity index (χ4v) is 1.36. The number of nitrogens with one attached hydrogen (secondary N) is 1. The molecule has 1 aromatic heterocycles. The first kappa shape index (κ1) is 12.4. The zero-order chi connectivity index (χ0) is 12.1. The van der Waals surface area contributed by atoms with Gasteiger partial charge in [0, 0.05) is 18.3 Å². The van der Waals surface area contributed by atoms with Gasteiger partial charge in [0.15, 0.2) is 0 Å². The first-order valence-electron chi connectivity index (χ1n) is 5.10. The standard InChI is InChI=1S/C11H17N3O2/c1-7(2)14-10(11(12)15)8-4-5-9(16-3)13-6-8/h4-7,10,14H,1-3H3,(H2,12,15). The van der Waals surface area contributed by atoms with E-state index in [0.717, 1.165) is 5.56 Å². The van der Waals surface area contributed by atoms with Crippen LogP contribution in [0, 0.1) is 0 Å². The number of nitrogens with zero attached hydrogens (tertiary/aromatic N) is 1. The number of primary amides is 1. The molecule has 0 aliphatic rings. The van der Waals surface area contributed by atoms with Crippen molar-refractivity contribution in [3.8, 4) is 5.88 Å². The van der Waals surface area contributed by atoms with Crippen molar-refractivity contribution in [1.29, 1.82) is 0 Å². The molecule has 0 fully saturated rings. The average Bonchev–Trinajstić information content (AvgIpc) is 2.25. The molecule has 88 valence electrons. The van der Waals surface area contributed by atoms with E-state index in [0.29, 0.717) is 5.88 Å². The second kappa shape index (κ2) is 5.46. The molecule has 0 aliphatic carbocycles. The molecule has 5 nitrogen and oxygen atoms in total. The maximum atomic E-state index is 11.3. The van der Waals surface area contributed by atoms with E-state index in [2.05, 4.69) is 10.3 Å². The molecular formula is C11H17N3O2. The third-order valence-electron chi connectivity index (χ3n) is 2.09. The number of pyridine rings is 1. The second-order valence-electron chi connectivity index (χ2n) is 3.79. The number of rotatable bonds is 5. The van der Waals surface area contributed by atoms with E-state index >= 15 is 0 Å². The lowest BCUT2D eigenvalue weighted by Gasteiger charge is -2.18. The maximum absolute atomic E-state index is 11.3. The zero-order valence-corrected chi connectivity index (χ0v) is 9.73. The van der Waals surface area contributed by atoms with Crippen LogP contribution >= 0.6 is 0 Å². The molecule has 0 saturated heterocycles. The summed E-state index contributed by atoms with van der Waals surface area (Å²) in [5.41, 5.74) is 6.07. The minimum Gasteiger partial charge on any atom is -0.481 e. The van der Waals surface area contributed by atoms with E-state index < -0.39 is 11.9 Å². The first-order chi connectivity index (χ1) is 7.54. The van der Waals surface area contributed by atoms with Gasteiger partial charge in [0.25, 0.3) is 0 Å². The highest BCUT2D eigenvalue weighted by atomic mass is 16.5. The van der Waals surface area contributed by atoms with Crippen molar-refractivity contribution in [3.05, 3.63) is 23.9 Å². The quantitative estimate of drug-likeness (QED) is 0.767. The van der Waals surface area contributed by atoms with E-state index in [4.69, 9.17) is 10.5 Å². The van der Waals surface area contributed by atoms with Crippen molar-refractivity contribution in [1.82, 2.24) is 10.3 Å². The topological polar surface area (TPSA) is 77.2 Å². The fraction of sp³-hybridized carbons (Fsp3) is 0.455. The van der Waals surface area contributed by atoms with Crippen LogP contribution in [0.25, 0.3) is 0 Å². The van der Waals surface area contributed by atoms with Gasteiger partial charge >= 0.3 is 0 Å². The SMILES string of the molecule is COc1ccc(C(NC(C)C)C(N)=O)cn1. The number of carbonyl (C=O) groups is 1. The molecule has 5 heteroatoms. The average molecular weight is 223 g/mol. The molecule has 0 radical (unpaired) electrons. The number of ether oxygens (including phenoxy) is 1. The summed E-state index contributed by atoms with van der Waals surface area (Å²) in [6.45, 7) is 3.90. The van der Waals surface area contributed by atoms with Crippen molar-refractivity contribution in [2.45, 2.75) is 25.9 Å². The van der Waals surface area contributed by atoms with Crippen LogP contribution < -0.4 is 15.8 Å². The molecule has 16 heavy (non-hydrogen) atoms. The molecule has 1 amide bonds. The Bertz CT molecular complexity index is 349. The van der Waals surface area contributed by atoms with Crippen LogP contribution in [0.2, 0.25) is 0 Å². The van der Waals surface area contributed by atoms with Crippen LogP contribution in [0.1, 0.15) is 25.5 Å². The summed E-state index contributed by atoms with van der Waals surface area (Å²) in [5, 5.41) is 3.08. The van der Waals surface area contributed by atoms with Gasteiger partial charge in [0.1, 0.15) is 6.04 Å². The number of methoxy groups -OCH3 is 1. The number of aromatic nitrogens is 1. The Morgan fingerprint density at radius 1 is 1.50 bits per heavy atom. The maximum Gasteiger partial charge on any atom is 0.239 e. The van der Waals surface area contributed by atoms with Crippen molar-refractivity contribution in [3.63, 3.8) is 0 Å². The van der Waals surface area contributed by atoms with Gasteiger partial charge in [-0.05, 0) is 19.4 Å². The number of hydrogen-bond donors (Lipinski definition) is 2. The third-order valence-corrected chi connectivity index (χ3v) is 2.09. The first-order valence-corrected chi connectivity index (χ1v) is 5.10. The molecule has 1 unspecified atom stereocenters. The summed E-state index contributed by atoms with van der Waals surface area (Å²) >= 11 is 0. The Hall–Kier alpha value is -1.62. The monoisotopic (exact) mass is 223 g/mol. The molecule has 1 rings (SSSR count). The molecule has 0 aliphatic heterocycles. The molecule has 0 aromatic carbocycles. The second-order valence-corrected chi connectivity index (χ2v) is 3.79. The summed E-state index contributed by atoms with van der Waals surface area (Å²) in [5.74, 6) is 0.0946. The number of hydrogen-bond acceptors (Lipinski definition) is 4. The van der Waals surface area contributed by atoms with Gasteiger partial charge in [-0.3, -0.25) is 10.1 Å². The molecule has 1 heterocycles. The van der Waals surface area contributed by atoms with Crippen LogP contribution in [0.3, 0.4) is 0 Å². The van der Waals surface area contributed by atoms with Gasteiger partial charge in [-0.15, -0.1) is 0 Å². The smallest absolute Gasteiger partial charge is 0.239 e. The third kappa shape index (κ3) is 3.20. The molecule has 1 atom stereocenters. The molecule has 1 aromatic rings. The van der Waals surface area contributed by atoms with Gasteiger partial charge in [0.05, 0.1) is 7.11 Å². The number of nitrogens with two attached hydrogens (primary N) is 1. The van der Waals surface area contributed by atoms with Gasteiger partial charge in [-0.2, -0.15) is 0 Å². The summed E-state index contributed by atoms with van der Waals surface area (Å²) in [4.78, 5) is 15.3. The van der Waals surface area contributed by atoms with Gasteiger partial charge in [-0.25, -0.2) is 4.98 Å². The molecule has 0 spiro atoms. The zero-order valence-electron chi connectivity index (χ0n) is 9.73. The lowest BCUT2D eigenvalue weighted by Crippen LogP contribution is -2.37. The van der Waals surface area contributed by atoms with Gasteiger partial charge in [0.2, 0.25) is 11.8 Å². The van der Waals surface area contributed by atoms with Crippen LogP contribution in [-0.2, 0) is 4.79 Å². The Balaban J connectivity index is 2.88. The Morgan fingerprint density at radius 2 is 2.19 bits per heavy atom. The Labute approximate surface area is 95.0 Å². The highest BCUT2D eigenvalue weighted by Crippen LogP contribution is 2.15. The van der Waals surface area contributed by atoms with Crippen molar-refractivity contribution in [2.24, 2.45) is 5.73 Å². The normalized spacial score (nSPS) is 12.5. The minimum absolute atomic E-state index is 0.166. The predicted molar refractivity (Wildman–Crippen MR) is 61.0 cm³/mol. The summed E-state index contributed by atoms with van der Waals surface area (Å²) in [7, 11) is 1.54. The van der Waals surface area contributed by atoms with Crippen molar-refractivity contribution >= 4 is 5.91 Å². The highest BCUT2D eigenvalue weighted by molar-refractivity contribution is 5.81. The van der Waals surface area contributed by atoms with Gasteiger partial charge < -0.3 is 10.5 Å². The lowest BCUT2D eigenvalue weighted by molar-refractivity contribution is -0.120. The Morgan fingerprint density at radius 3 is 2.56 bits per heavy atom. The highest BCUT2D eigenvalue weighted by Gasteiger charge is 2.18. The van der Waals surface area contributed by atoms with Crippen molar-refractivity contribution in [2.75, 3.05) is 7.11 Å². The van der Waals surface area contributed by atoms with E-state index in [9.17, 15) is 4.79 Å². The molecule has 0 saturated carbocycles. The van der Waals surface area contributed by atoms with Gasteiger partial charge in [-0.1, -0.05) is 6.07 Å². The van der Waals surface area contributed by atoms with Crippen LogP contribution in [0.4, 0.5) is 0 Å². The number of carbonyl (C=O) groups excluding carboxylic acids is 1. The van der Waals surface area contributed by atoms with Crippen LogP contribution in [0.5, 0.6) is 5.88 Å². The van der Waals surface area contributed by atoms with E-state index in [1.54, 1.807) is 25.4 Å². The van der Waals surface area contributed by atoms with Crippen LogP contribution in [0.15, 0.2) is 18.3 Å². The predicted octanol–water partition coefficient (Wildman–Crippen LogP) is 0.615. The minimum atomic E-state index is -0.515. The van der Waals surface area contributed by atoms with Crippen molar-refractivity contribution < 1.29 is 9.53 Å². The van der Waals surface area contributed by atoms with Crippen LogP contribution in [-0.4, -0.2) is 24.0 Å². The lowest BCUT2D eigenvalue weighted by atomic mass is 10.1. The number of amides is 1.